The number of nitrogens with one attached hydrogen (secondary N) is 1. The zero-order valence-corrected chi connectivity index (χ0v) is 16.1. The summed E-state index contributed by atoms with van der Waals surface area (Å²) in [5.41, 5.74) is 2.67. The molecule has 1 fully saturated rings. The number of amides is 2. The molecule has 28 heavy (non-hydrogen) atoms. The number of aliphatic hydroxyl groups is 1. The van der Waals surface area contributed by atoms with E-state index in [4.69, 9.17) is 0 Å². The van der Waals surface area contributed by atoms with Gasteiger partial charge in [-0.1, -0.05) is 36.4 Å². The molecule has 6 heteroatoms. The van der Waals surface area contributed by atoms with Gasteiger partial charge < -0.3 is 15.3 Å². The monoisotopic (exact) mass is 379 g/mol. The molecule has 3 rings (SSSR count). The maximum atomic E-state index is 12.4. The zero-order chi connectivity index (χ0) is 20.1. The van der Waals surface area contributed by atoms with Crippen molar-refractivity contribution >= 4 is 17.9 Å². The quantitative estimate of drug-likeness (QED) is 0.806. The summed E-state index contributed by atoms with van der Waals surface area (Å²) in [5, 5.41) is 12.8. The van der Waals surface area contributed by atoms with Gasteiger partial charge in [0.1, 0.15) is 0 Å². The molecule has 2 amide bonds. The molecule has 0 bridgehead atoms. The molecule has 3 atom stereocenters. The Labute approximate surface area is 164 Å². The normalized spacial score (nSPS) is 21.4. The summed E-state index contributed by atoms with van der Waals surface area (Å²) in [6, 6.07) is 10.9. The Kier molecular flexibility index (Phi) is 6.21. The fraction of sp³-hybridized carbons (Fsp3) is 0.318. The number of aromatic nitrogens is 1. The van der Waals surface area contributed by atoms with Crippen molar-refractivity contribution in [3.63, 3.8) is 0 Å². The van der Waals surface area contributed by atoms with E-state index in [2.05, 4.69) is 10.3 Å². The smallest absolute Gasteiger partial charge is 0.251 e. The number of carbonyl (C=O) groups is 2. The van der Waals surface area contributed by atoms with Crippen molar-refractivity contribution in [2.24, 2.45) is 0 Å². The van der Waals surface area contributed by atoms with Gasteiger partial charge in [-0.25, -0.2) is 0 Å². The van der Waals surface area contributed by atoms with Gasteiger partial charge in [0.2, 0.25) is 5.91 Å². The van der Waals surface area contributed by atoms with E-state index < -0.39 is 0 Å². The van der Waals surface area contributed by atoms with E-state index in [-0.39, 0.29) is 36.4 Å². The molecule has 0 spiro atoms. The summed E-state index contributed by atoms with van der Waals surface area (Å²) < 4.78 is 0. The minimum atomic E-state index is -0.284. The average molecular weight is 379 g/mol. The van der Waals surface area contributed by atoms with Gasteiger partial charge in [0.05, 0.1) is 18.7 Å². The number of pyridine rings is 1. The maximum absolute atomic E-state index is 12.4. The third-order valence-corrected chi connectivity index (χ3v) is 5.19. The maximum Gasteiger partial charge on any atom is 0.251 e. The molecule has 0 aliphatic carbocycles. The van der Waals surface area contributed by atoms with Gasteiger partial charge in [0.25, 0.3) is 5.91 Å². The van der Waals surface area contributed by atoms with Gasteiger partial charge in [-0.2, -0.15) is 0 Å². The number of nitrogens with zero attached hydrogens (tertiary/aromatic N) is 2. The Morgan fingerprint density at radius 2 is 1.82 bits per heavy atom. The average Bonchev–Trinajstić information content (AvgIpc) is 2.69. The van der Waals surface area contributed by atoms with Crippen LogP contribution in [0.3, 0.4) is 0 Å². The third kappa shape index (κ3) is 3.97. The lowest BCUT2D eigenvalue weighted by Crippen LogP contribution is -2.68. The Hall–Kier alpha value is -2.99. The molecule has 6 nitrogen and oxygen atoms in total. The second kappa shape index (κ2) is 8.80. The minimum Gasteiger partial charge on any atom is -0.394 e. The third-order valence-electron chi connectivity index (χ3n) is 5.19. The summed E-state index contributed by atoms with van der Waals surface area (Å²) in [7, 11) is 0. The first kappa shape index (κ1) is 19.8. The Morgan fingerprint density at radius 1 is 1.14 bits per heavy atom. The van der Waals surface area contributed by atoms with Crippen molar-refractivity contribution in [1.82, 2.24) is 15.2 Å². The SMILES string of the molecule is C/C=C/c1ccc([C@@H]2[C@@H](CO)N(C(C)=O)[C@H]2CNC(=O)c2ccncc2)cc1. The Morgan fingerprint density at radius 3 is 2.39 bits per heavy atom. The molecular formula is C22H25N3O3. The Bertz CT molecular complexity index is 849. The lowest BCUT2D eigenvalue weighted by molar-refractivity contribution is -0.147. The standard InChI is InChI=1S/C22H25N3O3/c1-3-4-16-5-7-17(8-6-16)21-19(25(15(2)27)20(21)14-26)13-24-22(28)18-9-11-23-12-10-18/h3-12,19-21,26H,13-14H2,1-2H3,(H,24,28)/b4-3+/t19-,20+,21-/m0/s1. The molecule has 1 aromatic carbocycles. The lowest BCUT2D eigenvalue weighted by Gasteiger charge is -2.54. The van der Waals surface area contributed by atoms with Crippen LogP contribution in [0.4, 0.5) is 0 Å². The van der Waals surface area contributed by atoms with Crippen LogP contribution in [0.1, 0.15) is 41.3 Å². The highest BCUT2D eigenvalue weighted by Crippen LogP contribution is 2.40. The van der Waals surface area contributed by atoms with Crippen molar-refractivity contribution in [3.05, 3.63) is 71.6 Å². The van der Waals surface area contributed by atoms with E-state index in [9.17, 15) is 14.7 Å². The molecule has 1 aliphatic rings. The lowest BCUT2D eigenvalue weighted by atomic mass is 9.75. The van der Waals surface area contributed by atoms with Crippen LogP contribution in [-0.2, 0) is 4.79 Å². The highest BCUT2D eigenvalue weighted by molar-refractivity contribution is 5.94. The number of hydrogen-bond donors (Lipinski definition) is 2. The van der Waals surface area contributed by atoms with Crippen LogP contribution in [0, 0.1) is 0 Å². The van der Waals surface area contributed by atoms with E-state index >= 15 is 0 Å². The van der Waals surface area contributed by atoms with Crippen molar-refractivity contribution < 1.29 is 14.7 Å². The largest absolute Gasteiger partial charge is 0.394 e. The summed E-state index contributed by atoms with van der Waals surface area (Å²) >= 11 is 0. The first-order valence-electron chi connectivity index (χ1n) is 9.37. The fourth-order valence-electron chi connectivity index (χ4n) is 3.91. The summed E-state index contributed by atoms with van der Waals surface area (Å²) in [6.07, 6.45) is 7.13. The molecular weight excluding hydrogens is 354 g/mol. The second-order valence-corrected chi connectivity index (χ2v) is 6.88. The number of aliphatic hydroxyl groups excluding tert-OH is 1. The number of rotatable bonds is 6. The van der Waals surface area contributed by atoms with Crippen LogP contribution >= 0.6 is 0 Å². The van der Waals surface area contributed by atoms with Gasteiger partial charge in [0, 0.05) is 37.3 Å². The van der Waals surface area contributed by atoms with Crippen LogP contribution in [0.25, 0.3) is 6.08 Å². The summed E-state index contributed by atoms with van der Waals surface area (Å²) in [5.74, 6) is -0.351. The van der Waals surface area contributed by atoms with Crippen molar-refractivity contribution in [1.29, 1.82) is 0 Å². The topological polar surface area (TPSA) is 82.5 Å². The first-order chi connectivity index (χ1) is 13.6. The van der Waals surface area contributed by atoms with Crippen molar-refractivity contribution in [2.75, 3.05) is 13.2 Å². The molecule has 1 aromatic heterocycles. The zero-order valence-electron chi connectivity index (χ0n) is 16.1. The van der Waals surface area contributed by atoms with Gasteiger partial charge in [-0.15, -0.1) is 0 Å². The van der Waals surface area contributed by atoms with E-state index in [0.717, 1.165) is 11.1 Å². The van der Waals surface area contributed by atoms with Crippen molar-refractivity contribution in [2.45, 2.75) is 31.8 Å². The molecule has 146 valence electrons. The van der Waals surface area contributed by atoms with Crippen LogP contribution in [0.15, 0.2) is 54.9 Å². The summed E-state index contributed by atoms with van der Waals surface area (Å²) in [4.78, 5) is 30.1. The van der Waals surface area contributed by atoms with Crippen LogP contribution in [0.2, 0.25) is 0 Å². The molecule has 2 aromatic rings. The number of allylic oxidation sites excluding steroid dienone is 1. The number of benzene rings is 1. The second-order valence-electron chi connectivity index (χ2n) is 6.88. The predicted octanol–water partition coefficient (Wildman–Crippen LogP) is 2.22. The highest BCUT2D eigenvalue weighted by atomic mass is 16.3. The number of hydrogen-bond acceptors (Lipinski definition) is 4. The van der Waals surface area contributed by atoms with Gasteiger partial charge in [0.15, 0.2) is 0 Å². The van der Waals surface area contributed by atoms with E-state index in [0.29, 0.717) is 12.1 Å². The predicted molar refractivity (Wildman–Crippen MR) is 108 cm³/mol. The van der Waals surface area contributed by atoms with Gasteiger partial charge >= 0.3 is 0 Å². The van der Waals surface area contributed by atoms with E-state index in [1.54, 1.807) is 29.4 Å². The van der Waals surface area contributed by atoms with Crippen molar-refractivity contribution in [3.8, 4) is 0 Å². The Balaban J connectivity index is 1.78. The first-order valence-corrected chi connectivity index (χ1v) is 9.37. The van der Waals surface area contributed by atoms with Crippen LogP contribution in [0.5, 0.6) is 0 Å². The molecule has 0 radical (unpaired) electrons. The number of carbonyl (C=O) groups excluding carboxylic acids is 2. The highest BCUT2D eigenvalue weighted by Gasteiger charge is 2.49. The van der Waals surface area contributed by atoms with E-state index in [1.807, 2.05) is 43.3 Å². The van der Waals surface area contributed by atoms with Gasteiger partial charge in [-0.05, 0) is 30.2 Å². The molecule has 2 heterocycles. The van der Waals surface area contributed by atoms with E-state index in [1.165, 1.54) is 6.92 Å². The number of likely N-dealkylation sites (tertiary alicyclic amines) is 1. The van der Waals surface area contributed by atoms with Crippen LogP contribution in [-0.4, -0.2) is 52.0 Å². The molecule has 1 saturated heterocycles. The molecule has 0 saturated carbocycles. The fourth-order valence-corrected chi connectivity index (χ4v) is 3.91. The van der Waals surface area contributed by atoms with Gasteiger partial charge in [-0.3, -0.25) is 14.6 Å². The molecule has 1 aliphatic heterocycles. The van der Waals surface area contributed by atoms with Crippen LogP contribution < -0.4 is 5.32 Å². The minimum absolute atomic E-state index is 0.0358. The molecule has 0 unspecified atom stereocenters. The molecule has 2 N–H and O–H groups in total. The summed E-state index contributed by atoms with van der Waals surface area (Å²) in [6.45, 7) is 3.66.